The zero-order valence-corrected chi connectivity index (χ0v) is 11.5. The molecule has 0 aromatic carbocycles. The first kappa shape index (κ1) is 12.6. The van der Waals surface area contributed by atoms with Gasteiger partial charge in [0.15, 0.2) is 0 Å². The summed E-state index contributed by atoms with van der Waals surface area (Å²) in [6.45, 7) is 4.53. The number of hydrogen-bond donors (Lipinski definition) is 2. The summed E-state index contributed by atoms with van der Waals surface area (Å²) in [4.78, 5) is 9.96. The zero-order chi connectivity index (χ0) is 13.1. The maximum Gasteiger partial charge on any atom is 0.137 e. The summed E-state index contributed by atoms with van der Waals surface area (Å²) in [6.07, 6.45) is 6.53. The van der Waals surface area contributed by atoms with Crippen molar-refractivity contribution in [3.05, 3.63) is 30.1 Å². The third-order valence-electron chi connectivity index (χ3n) is 4.12. The van der Waals surface area contributed by atoms with Crippen molar-refractivity contribution in [1.82, 2.24) is 20.2 Å². The standard InChI is InChI=1S/C15H22N4/c1-19-7-4-12(5-8-19)9-16-10-13-11-18-15-14(13)3-2-6-17-15/h2-3,6,11-12,16H,4-5,7-10H2,1H3,(H,17,18). The molecule has 1 fully saturated rings. The first-order valence-electron chi connectivity index (χ1n) is 7.13. The maximum atomic E-state index is 4.32. The van der Waals surface area contributed by atoms with Gasteiger partial charge in [-0.3, -0.25) is 0 Å². The summed E-state index contributed by atoms with van der Waals surface area (Å²) in [5, 5.41) is 4.83. The van der Waals surface area contributed by atoms with E-state index >= 15 is 0 Å². The minimum absolute atomic E-state index is 0.833. The van der Waals surface area contributed by atoms with Crippen LogP contribution in [0.25, 0.3) is 11.0 Å². The van der Waals surface area contributed by atoms with Crippen LogP contribution in [0.2, 0.25) is 0 Å². The monoisotopic (exact) mass is 258 g/mol. The van der Waals surface area contributed by atoms with Crippen molar-refractivity contribution in [3.63, 3.8) is 0 Å². The fourth-order valence-electron chi connectivity index (χ4n) is 2.84. The number of piperidine rings is 1. The van der Waals surface area contributed by atoms with E-state index in [2.05, 4.69) is 39.5 Å². The Bertz CT molecular complexity index is 526. The molecule has 4 heteroatoms. The molecule has 3 heterocycles. The molecule has 0 atom stereocenters. The van der Waals surface area contributed by atoms with Gasteiger partial charge in [0.2, 0.25) is 0 Å². The number of aromatic amines is 1. The molecule has 2 aromatic rings. The Morgan fingerprint density at radius 2 is 2.26 bits per heavy atom. The van der Waals surface area contributed by atoms with Crippen LogP contribution in [0, 0.1) is 5.92 Å². The predicted molar refractivity (Wildman–Crippen MR) is 78.0 cm³/mol. The maximum absolute atomic E-state index is 4.32. The summed E-state index contributed by atoms with van der Waals surface area (Å²) in [5.41, 5.74) is 2.30. The van der Waals surface area contributed by atoms with E-state index in [1.165, 1.54) is 36.9 Å². The van der Waals surface area contributed by atoms with Gasteiger partial charge in [0.1, 0.15) is 5.65 Å². The van der Waals surface area contributed by atoms with Gasteiger partial charge in [-0.1, -0.05) is 0 Å². The van der Waals surface area contributed by atoms with Crippen LogP contribution in [0.4, 0.5) is 0 Å². The zero-order valence-electron chi connectivity index (χ0n) is 11.5. The average molecular weight is 258 g/mol. The highest BCUT2D eigenvalue weighted by molar-refractivity contribution is 5.79. The molecule has 0 saturated carbocycles. The summed E-state index contributed by atoms with van der Waals surface area (Å²) in [7, 11) is 2.21. The van der Waals surface area contributed by atoms with Crippen molar-refractivity contribution in [2.45, 2.75) is 19.4 Å². The van der Waals surface area contributed by atoms with Crippen molar-refractivity contribution in [2.24, 2.45) is 5.92 Å². The Morgan fingerprint density at radius 3 is 3.11 bits per heavy atom. The van der Waals surface area contributed by atoms with Crippen LogP contribution >= 0.6 is 0 Å². The molecule has 3 rings (SSSR count). The van der Waals surface area contributed by atoms with E-state index in [4.69, 9.17) is 0 Å². The van der Waals surface area contributed by atoms with Crippen molar-refractivity contribution in [3.8, 4) is 0 Å². The Hall–Kier alpha value is -1.39. The van der Waals surface area contributed by atoms with E-state index in [1.807, 2.05) is 12.3 Å². The Balaban J connectivity index is 1.52. The molecule has 0 unspecified atom stereocenters. The molecule has 1 saturated heterocycles. The van der Waals surface area contributed by atoms with E-state index in [0.29, 0.717) is 0 Å². The smallest absolute Gasteiger partial charge is 0.137 e. The molecule has 0 aliphatic carbocycles. The first-order chi connectivity index (χ1) is 9.33. The van der Waals surface area contributed by atoms with Crippen LogP contribution in [0.15, 0.2) is 24.5 Å². The molecule has 0 radical (unpaired) electrons. The lowest BCUT2D eigenvalue weighted by Gasteiger charge is -2.29. The normalized spacial score (nSPS) is 18.2. The fourth-order valence-corrected chi connectivity index (χ4v) is 2.84. The fraction of sp³-hybridized carbons (Fsp3) is 0.533. The number of likely N-dealkylation sites (tertiary alicyclic amines) is 1. The van der Waals surface area contributed by atoms with Gasteiger partial charge in [-0.05, 0) is 63.1 Å². The number of aromatic nitrogens is 2. The minimum atomic E-state index is 0.833. The highest BCUT2D eigenvalue weighted by Gasteiger charge is 2.16. The molecule has 19 heavy (non-hydrogen) atoms. The van der Waals surface area contributed by atoms with Crippen LogP contribution in [-0.4, -0.2) is 41.5 Å². The topological polar surface area (TPSA) is 44.0 Å². The number of H-pyrrole nitrogens is 1. The van der Waals surface area contributed by atoms with Gasteiger partial charge in [0.25, 0.3) is 0 Å². The van der Waals surface area contributed by atoms with Gasteiger partial charge in [0.05, 0.1) is 0 Å². The number of nitrogens with one attached hydrogen (secondary N) is 2. The third kappa shape index (κ3) is 2.96. The molecule has 2 N–H and O–H groups in total. The summed E-state index contributed by atoms with van der Waals surface area (Å²) in [6, 6.07) is 4.13. The highest BCUT2D eigenvalue weighted by atomic mass is 15.1. The summed E-state index contributed by atoms with van der Waals surface area (Å²) < 4.78 is 0. The van der Waals surface area contributed by atoms with Gasteiger partial charge < -0.3 is 15.2 Å². The van der Waals surface area contributed by atoms with Gasteiger partial charge >= 0.3 is 0 Å². The van der Waals surface area contributed by atoms with E-state index in [0.717, 1.165) is 24.7 Å². The molecule has 0 amide bonds. The number of fused-ring (bicyclic) bond motifs is 1. The van der Waals surface area contributed by atoms with Crippen LogP contribution in [0.5, 0.6) is 0 Å². The van der Waals surface area contributed by atoms with Gasteiger partial charge in [-0.25, -0.2) is 4.98 Å². The lowest BCUT2D eigenvalue weighted by Crippen LogP contribution is -2.34. The van der Waals surface area contributed by atoms with E-state index in [9.17, 15) is 0 Å². The third-order valence-corrected chi connectivity index (χ3v) is 4.12. The molecule has 1 aliphatic heterocycles. The van der Waals surface area contributed by atoms with Crippen LogP contribution in [-0.2, 0) is 6.54 Å². The number of pyridine rings is 1. The summed E-state index contributed by atoms with van der Waals surface area (Å²) >= 11 is 0. The second-order valence-electron chi connectivity index (χ2n) is 5.59. The molecule has 0 spiro atoms. The van der Waals surface area contributed by atoms with E-state index in [1.54, 1.807) is 0 Å². The predicted octanol–water partition coefficient (Wildman–Crippen LogP) is 1.99. The van der Waals surface area contributed by atoms with Crippen molar-refractivity contribution >= 4 is 11.0 Å². The lowest BCUT2D eigenvalue weighted by atomic mass is 9.97. The van der Waals surface area contributed by atoms with E-state index < -0.39 is 0 Å². The molecular formula is C15H22N4. The molecular weight excluding hydrogens is 236 g/mol. The molecule has 2 aromatic heterocycles. The minimum Gasteiger partial charge on any atom is -0.346 e. The molecule has 0 bridgehead atoms. The Labute approximate surface area is 114 Å². The number of rotatable bonds is 4. The highest BCUT2D eigenvalue weighted by Crippen LogP contribution is 2.17. The van der Waals surface area contributed by atoms with Crippen molar-refractivity contribution in [2.75, 3.05) is 26.7 Å². The largest absolute Gasteiger partial charge is 0.346 e. The van der Waals surface area contributed by atoms with Crippen LogP contribution in [0.3, 0.4) is 0 Å². The molecule has 102 valence electrons. The quantitative estimate of drug-likeness (QED) is 0.881. The van der Waals surface area contributed by atoms with Crippen LogP contribution in [0.1, 0.15) is 18.4 Å². The number of nitrogens with zero attached hydrogens (tertiary/aromatic N) is 2. The van der Waals surface area contributed by atoms with Crippen molar-refractivity contribution in [1.29, 1.82) is 0 Å². The van der Waals surface area contributed by atoms with Gasteiger partial charge in [-0.2, -0.15) is 0 Å². The van der Waals surface area contributed by atoms with Crippen molar-refractivity contribution < 1.29 is 0 Å². The second kappa shape index (κ2) is 5.72. The Morgan fingerprint density at radius 1 is 1.42 bits per heavy atom. The average Bonchev–Trinajstić information content (AvgIpc) is 2.85. The first-order valence-corrected chi connectivity index (χ1v) is 7.13. The lowest BCUT2D eigenvalue weighted by molar-refractivity contribution is 0.216. The SMILES string of the molecule is CN1CCC(CNCc2c[nH]c3ncccc23)CC1. The van der Waals surface area contributed by atoms with E-state index in [-0.39, 0.29) is 0 Å². The number of hydrogen-bond acceptors (Lipinski definition) is 3. The molecule has 4 nitrogen and oxygen atoms in total. The molecule has 1 aliphatic rings. The van der Waals surface area contributed by atoms with Gasteiger partial charge in [-0.15, -0.1) is 0 Å². The second-order valence-corrected chi connectivity index (χ2v) is 5.59. The Kier molecular flexibility index (Phi) is 3.80. The van der Waals surface area contributed by atoms with Crippen LogP contribution < -0.4 is 5.32 Å². The van der Waals surface area contributed by atoms with Gasteiger partial charge in [0, 0.05) is 24.3 Å². The summed E-state index contributed by atoms with van der Waals surface area (Å²) in [5.74, 6) is 0.833.